The zero-order valence-corrected chi connectivity index (χ0v) is 15.4. The molecule has 140 valence electrons. The van der Waals surface area contributed by atoms with E-state index >= 15 is 0 Å². The molecule has 2 aromatic heterocycles. The van der Waals surface area contributed by atoms with Crippen molar-refractivity contribution in [3.8, 4) is 0 Å². The predicted molar refractivity (Wildman–Crippen MR) is 106 cm³/mol. The minimum Gasteiger partial charge on any atom is -0.300 e. The van der Waals surface area contributed by atoms with E-state index in [0.717, 1.165) is 10.4 Å². The molecule has 1 amide bonds. The molecule has 0 radical (unpaired) electrons. The molecule has 28 heavy (non-hydrogen) atoms. The number of aromatic nitrogens is 3. The van der Waals surface area contributed by atoms with E-state index in [1.165, 1.54) is 34.2 Å². The van der Waals surface area contributed by atoms with Gasteiger partial charge in [-0.1, -0.05) is 24.3 Å². The second-order valence-electron chi connectivity index (χ2n) is 6.15. The van der Waals surface area contributed by atoms with Gasteiger partial charge in [-0.3, -0.25) is 14.2 Å². The number of amides is 1. The van der Waals surface area contributed by atoms with E-state index in [4.69, 9.17) is 0 Å². The summed E-state index contributed by atoms with van der Waals surface area (Å²) >= 11 is 1.34. The van der Waals surface area contributed by atoms with Crippen LogP contribution in [0.25, 0.3) is 11.0 Å². The number of nitrogens with one attached hydrogen (secondary N) is 1. The van der Waals surface area contributed by atoms with E-state index in [1.54, 1.807) is 36.5 Å². The molecule has 4 aromatic rings. The first-order chi connectivity index (χ1) is 13.6. The quantitative estimate of drug-likeness (QED) is 0.564. The van der Waals surface area contributed by atoms with Gasteiger partial charge in [0, 0.05) is 17.5 Å². The van der Waals surface area contributed by atoms with Crippen LogP contribution in [0.3, 0.4) is 0 Å². The highest BCUT2D eigenvalue weighted by atomic mass is 32.1. The number of para-hydroxylation sites is 2. The van der Waals surface area contributed by atoms with Crippen molar-refractivity contribution in [1.82, 2.24) is 14.5 Å². The number of nitrogens with zero attached hydrogens (tertiary/aromatic N) is 3. The fourth-order valence-electron chi connectivity index (χ4n) is 2.83. The maximum absolute atomic E-state index is 13.0. The summed E-state index contributed by atoms with van der Waals surface area (Å²) in [5.74, 6) is -0.624. The van der Waals surface area contributed by atoms with Crippen molar-refractivity contribution < 1.29 is 9.18 Å². The monoisotopic (exact) mass is 394 g/mol. The molecule has 0 bridgehead atoms. The van der Waals surface area contributed by atoms with Crippen LogP contribution in [0, 0.1) is 5.82 Å². The first-order valence-corrected chi connectivity index (χ1v) is 9.34. The fourth-order valence-corrected chi connectivity index (χ4v) is 3.69. The van der Waals surface area contributed by atoms with Crippen LogP contribution >= 0.6 is 11.3 Å². The van der Waals surface area contributed by atoms with Crippen molar-refractivity contribution >= 4 is 33.4 Å². The van der Waals surface area contributed by atoms with Crippen molar-refractivity contribution in [2.75, 3.05) is 5.32 Å². The summed E-state index contributed by atoms with van der Waals surface area (Å²) in [5, 5.41) is 3.18. The highest BCUT2D eigenvalue weighted by Crippen LogP contribution is 2.21. The van der Waals surface area contributed by atoms with Crippen LogP contribution in [-0.2, 0) is 17.8 Å². The smallest absolute Gasteiger partial charge is 0.269 e. The third-order valence-corrected chi connectivity index (χ3v) is 5.06. The first kappa shape index (κ1) is 18.0. The van der Waals surface area contributed by atoms with Crippen LogP contribution < -0.4 is 10.9 Å². The molecular weight excluding hydrogens is 379 g/mol. The molecule has 0 fully saturated rings. The molecule has 0 unspecified atom stereocenters. The third-order valence-electron chi connectivity index (χ3n) is 4.15. The van der Waals surface area contributed by atoms with Gasteiger partial charge in [-0.25, -0.2) is 14.4 Å². The lowest BCUT2D eigenvalue weighted by molar-refractivity contribution is -0.116. The van der Waals surface area contributed by atoms with Gasteiger partial charge >= 0.3 is 0 Å². The highest BCUT2D eigenvalue weighted by Gasteiger charge is 2.11. The average Bonchev–Trinajstić information content (AvgIpc) is 3.12. The van der Waals surface area contributed by atoms with Gasteiger partial charge in [0.15, 0.2) is 5.13 Å². The Kier molecular flexibility index (Phi) is 4.94. The molecule has 2 aromatic carbocycles. The van der Waals surface area contributed by atoms with Crippen LogP contribution in [0.4, 0.5) is 9.52 Å². The lowest BCUT2D eigenvalue weighted by atomic mass is 10.1. The van der Waals surface area contributed by atoms with E-state index in [2.05, 4.69) is 15.3 Å². The Bertz CT molecular complexity index is 1200. The molecule has 0 saturated heterocycles. The summed E-state index contributed by atoms with van der Waals surface area (Å²) in [5.41, 5.74) is 1.86. The third kappa shape index (κ3) is 3.96. The summed E-state index contributed by atoms with van der Waals surface area (Å²) in [7, 11) is 0. The summed E-state index contributed by atoms with van der Waals surface area (Å²) in [6.45, 7) is -0.130. The van der Waals surface area contributed by atoms with E-state index < -0.39 is 0 Å². The van der Waals surface area contributed by atoms with Crippen molar-refractivity contribution in [1.29, 1.82) is 0 Å². The first-order valence-electron chi connectivity index (χ1n) is 8.52. The molecule has 6 nitrogen and oxygen atoms in total. The molecular formula is C20H15FN4O2S. The van der Waals surface area contributed by atoms with Gasteiger partial charge in [0.05, 0.1) is 17.2 Å². The van der Waals surface area contributed by atoms with Gasteiger partial charge in [-0.05, 0) is 29.8 Å². The van der Waals surface area contributed by atoms with E-state index in [9.17, 15) is 14.0 Å². The summed E-state index contributed by atoms with van der Waals surface area (Å²) < 4.78 is 14.4. The highest BCUT2D eigenvalue weighted by molar-refractivity contribution is 7.15. The Hall–Kier alpha value is -3.39. The Morgan fingerprint density at radius 2 is 1.86 bits per heavy atom. The normalized spacial score (nSPS) is 10.9. The van der Waals surface area contributed by atoms with Crippen LogP contribution in [0.2, 0.25) is 0 Å². The van der Waals surface area contributed by atoms with E-state index in [-0.39, 0.29) is 23.8 Å². The number of fused-ring (bicyclic) bond motifs is 1. The summed E-state index contributed by atoms with van der Waals surface area (Å²) in [6, 6.07) is 13.4. The minimum absolute atomic E-state index is 0.130. The molecule has 0 aliphatic rings. The SMILES string of the molecule is O=C(Cn1c(=O)cnc2ccccc21)Nc1ncc(Cc2ccc(F)cc2)s1. The molecule has 0 atom stereocenters. The zero-order valence-electron chi connectivity index (χ0n) is 14.6. The minimum atomic E-state index is -0.346. The maximum atomic E-state index is 13.0. The second-order valence-corrected chi connectivity index (χ2v) is 7.27. The number of thiazole rings is 1. The van der Waals surface area contributed by atoms with Gasteiger partial charge in [0.1, 0.15) is 12.4 Å². The Labute approximate surface area is 163 Å². The van der Waals surface area contributed by atoms with Crippen molar-refractivity contribution in [2.24, 2.45) is 0 Å². The molecule has 0 spiro atoms. The van der Waals surface area contributed by atoms with Gasteiger partial charge in [0.2, 0.25) is 5.91 Å². The number of carbonyl (C=O) groups is 1. The van der Waals surface area contributed by atoms with Crippen molar-refractivity contribution in [2.45, 2.75) is 13.0 Å². The van der Waals surface area contributed by atoms with E-state index in [0.29, 0.717) is 22.6 Å². The van der Waals surface area contributed by atoms with Gasteiger partial charge in [0.25, 0.3) is 5.56 Å². The van der Waals surface area contributed by atoms with Crippen LogP contribution in [0.15, 0.2) is 65.7 Å². The lowest BCUT2D eigenvalue weighted by Crippen LogP contribution is -2.27. The Balaban J connectivity index is 1.46. The molecule has 4 rings (SSSR count). The fraction of sp³-hybridized carbons (Fsp3) is 0.100. The molecule has 1 N–H and O–H groups in total. The number of hydrogen-bond donors (Lipinski definition) is 1. The molecule has 0 aliphatic carbocycles. The van der Waals surface area contributed by atoms with Crippen LogP contribution in [-0.4, -0.2) is 20.4 Å². The molecule has 2 heterocycles. The number of anilines is 1. The number of benzene rings is 2. The molecule has 0 saturated carbocycles. The van der Waals surface area contributed by atoms with Crippen LogP contribution in [0.5, 0.6) is 0 Å². The van der Waals surface area contributed by atoms with E-state index in [1.807, 2.05) is 6.07 Å². The number of hydrogen-bond acceptors (Lipinski definition) is 5. The van der Waals surface area contributed by atoms with Crippen molar-refractivity contribution in [3.05, 3.63) is 87.5 Å². The number of rotatable bonds is 5. The summed E-state index contributed by atoms with van der Waals surface area (Å²) in [6.07, 6.45) is 3.49. The van der Waals surface area contributed by atoms with Gasteiger partial charge < -0.3 is 5.32 Å². The Morgan fingerprint density at radius 1 is 1.07 bits per heavy atom. The Morgan fingerprint density at radius 3 is 2.68 bits per heavy atom. The van der Waals surface area contributed by atoms with Gasteiger partial charge in [-0.2, -0.15) is 0 Å². The largest absolute Gasteiger partial charge is 0.300 e. The summed E-state index contributed by atoms with van der Waals surface area (Å²) in [4.78, 5) is 33.8. The lowest BCUT2D eigenvalue weighted by Gasteiger charge is -2.08. The van der Waals surface area contributed by atoms with Crippen molar-refractivity contribution in [3.63, 3.8) is 0 Å². The van der Waals surface area contributed by atoms with Gasteiger partial charge in [-0.15, -0.1) is 11.3 Å². The number of halogens is 1. The average molecular weight is 394 g/mol. The molecule has 0 aliphatic heterocycles. The number of carbonyl (C=O) groups excluding carboxylic acids is 1. The second kappa shape index (κ2) is 7.69. The maximum Gasteiger partial charge on any atom is 0.269 e. The predicted octanol–water partition coefficient (Wildman–Crippen LogP) is 3.22. The molecule has 8 heteroatoms. The van der Waals surface area contributed by atoms with Crippen LogP contribution in [0.1, 0.15) is 10.4 Å². The standard InChI is InChI=1S/C20H15FN4O2S/c21-14-7-5-13(6-8-14)9-15-10-23-20(28-15)24-18(26)12-25-17-4-2-1-3-16(17)22-11-19(25)27/h1-8,10-11H,9,12H2,(H,23,24,26). The zero-order chi connectivity index (χ0) is 19.5. The topological polar surface area (TPSA) is 76.9 Å².